The van der Waals surface area contributed by atoms with Crippen LogP contribution in [-0.4, -0.2) is 10.7 Å². The molecule has 0 aliphatic carbocycles. The van der Waals surface area contributed by atoms with Gasteiger partial charge in [0.15, 0.2) is 0 Å². The van der Waals surface area contributed by atoms with Gasteiger partial charge in [-0.1, -0.05) is 29.5 Å². The van der Waals surface area contributed by atoms with Crippen LogP contribution in [0.25, 0.3) is 0 Å². The fraction of sp³-hybridized carbons (Fsp3) is 0.308. The third-order valence-corrected chi connectivity index (χ3v) is 4.91. The molecular weight excluding hydrogens is 264 g/mol. The predicted molar refractivity (Wildman–Crippen MR) is 76.3 cm³/mol. The lowest BCUT2D eigenvalue weighted by atomic mass is 10.0. The van der Waals surface area contributed by atoms with E-state index in [2.05, 4.69) is 34.6 Å². The average Bonchev–Trinajstić information content (AvgIpc) is 2.82. The van der Waals surface area contributed by atoms with Crippen molar-refractivity contribution in [3.8, 4) is 0 Å². The molecule has 5 heteroatoms. The van der Waals surface area contributed by atoms with Gasteiger partial charge in [0.25, 0.3) is 0 Å². The maximum absolute atomic E-state index is 11.1. The van der Waals surface area contributed by atoms with Gasteiger partial charge < -0.3 is 10.3 Å². The van der Waals surface area contributed by atoms with Gasteiger partial charge in [-0.3, -0.25) is 4.79 Å². The fourth-order valence-electron chi connectivity index (χ4n) is 2.19. The molecule has 0 saturated heterocycles. The Morgan fingerprint density at radius 3 is 3.11 bits per heavy atom. The maximum atomic E-state index is 11.1. The maximum Gasteiger partial charge on any atom is 0.304 e. The van der Waals surface area contributed by atoms with Gasteiger partial charge in [0.05, 0.1) is 0 Å². The number of hydrogen-bond acceptors (Lipinski definition) is 4. The molecule has 0 saturated carbocycles. The Morgan fingerprint density at radius 2 is 2.28 bits per heavy atom. The average molecular weight is 278 g/mol. The highest BCUT2D eigenvalue weighted by Gasteiger charge is 2.19. The van der Waals surface area contributed by atoms with Crippen LogP contribution in [-0.2, 0) is 6.54 Å². The van der Waals surface area contributed by atoms with Crippen molar-refractivity contribution in [2.75, 3.05) is 5.75 Å². The summed E-state index contributed by atoms with van der Waals surface area (Å²) in [4.78, 5) is 15.3. The standard InChI is InChI=1S/C13H14N2OS2/c16-13-15-9(8-18-13)7-14-11-5-6-17-12-4-2-1-3-10(11)12/h1-4,8,11,14H,5-7H2,(H,15,16). The van der Waals surface area contributed by atoms with Crippen molar-refractivity contribution in [1.82, 2.24) is 10.3 Å². The minimum absolute atomic E-state index is 0.0198. The Morgan fingerprint density at radius 1 is 1.39 bits per heavy atom. The molecule has 0 fully saturated rings. The molecule has 18 heavy (non-hydrogen) atoms. The van der Waals surface area contributed by atoms with E-state index in [9.17, 15) is 4.79 Å². The molecule has 94 valence electrons. The van der Waals surface area contributed by atoms with E-state index in [0.29, 0.717) is 6.04 Å². The molecule has 0 bridgehead atoms. The first kappa shape index (κ1) is 12.0. The summed E-state index contributed by atoms with van der Waals surface area (Å²) in [5.41, 5.74) is 2.35. The SMILES string of the molecule is O=c1[nH]c(CNC2CCSc3ccccc32)cs1. The van der Waals surface area contributed by atoms with Crippen molar-refractivity contribution < 1.29 is 0 Å². The Balaban J connectivity index is 1.72. The van der Waals surface area contributed by atoms with Crippen molar-refractivity contribution in [3.63, 3.8) is 0 Å². The molecule has 3 rings (SSSR count). The lowest BCUT2D eigenvalue weighted by Gasteiger charge is -2.25. The number of aromatic nitrogens is 1. The van der Waals surface area contributed by atoms with Crippen molar-refractivity contribution in [2.45, 2.75) is 23.9 Å². The zero-order valence-electron chi connectivity index (χ0n) is 9.81. The Kier molecular flexibility index (Phi) is 3.54. The highest BCUT2D eigenvalue weighted by Crippen LogP contribution is 2.35. The first-order chi connectivity index (χ1) is 8.83. The second kappa shape index (κ2) is 5.30. The molecule has 0 radical (unpaired) electrons. The number of aromatic amines is 1. The summed E-state index contributed by atoms with van der Waals surface area (Å²) >= 11 is 3.14. The Labute approximate surface area is 114 Å². The topological polar surface area (TPSA) is 44.9 Å². The van der Waals surface area contributed by atoms with Gasteiger partial charge in [-0.25, -0.2) is 0 Å². The first-order valence-electron chi connectivity index (χ1n) is 5.95. The normalized spacial score (nSPS) is 18.6. The number of thiazole rings is 1. The summed E-state index contributed by atoms with van der Waals surface area (Å²) in [5, 5.41) is 5.42. The van der Waals surface area contributed by atoms with E-state index >= 15 is 0 Å². The van der Waals surface area contributed by atoms with E-state index in [0.717, 1.165) is 24.4 Å². The van der Waals surface area contributed by atoms with E-state index in [4.69, 9.17) is 0 Å². The van der Waals surface area contributed by atoms with Crippen LogP contribution in [0.5, 0.6) is 0 Å². The number of hydrogen-bond donors (Lipinski definition) is 2. The molecule has 1 atom stereocenters. The van der Waals surface area contributed by atoms with Gasteiger partial charge in [-0.05, 0) is 23.8 Å². The van der Waals surface area contributed by atoms with Crippen LogP contribution >= 0.6 is 23.1 Å². The van der Waals surface area contributed by atoms with E-state index in [1.54, 1.807) is 0 Å². The molecule has 2 aromatic rings. The van der Waals surface area contributed by atoms with Crippen LogP contribution < -0.4 is 10.2 Å². The minimum atomic E-state index is 0.0198. The van der Waals surface area contributed by atoms with Crippen LogP contribution in [0, 0.1) is 0 Å². The molecule has 3 nitrogen and oxygen atoms in total. The summed E-state index contributed by atoms with van der Waals surface area (Å²) in [6, 6.07) is 8.94. The number of fused-ring (bicyclic) bond motifs is 1. The molecule has 1 aliphatic heterocycles. The zero-order valence-corrected chi connectivity index (χ0v) is 11.4. The summed E-state index contributed by atoms with van der Waals surface area (Å²) in [6.45, 7) is 0.725. The fourth-order valence-corrected chi connectivity index (χ4v) is 3.89. The van der Waals surface area contributed by atoms with Crippen molar-refractivity contribution in [2.24, 2.45) is 0 Å². The zero-order chi connectivity index (χ0) is 12.4. The molecule has 0 spiro atoms. The summed E-state index contributed by atoms with van der Waals surface area (Å²) in [6.07, 6.45) is 1.13. The summed E-state index contributed by atoms with van der Waals surface area (Å²) in [5.74, 6) is 1.15. The van der Waals surface area contributed by atoms with E-state index < -0.39 is 0 Å². The summed E-state index contributed by atoms with van der Waals surface area (Å²) < 4.78 is 0. The van der Waals surface area contributed by atoms with Crippen molar-refractivity contribution in [3.05, 3.63) is 50.6 Å². The third kappa shape index (κ3) is 2.53. The van der Waals surface area contributed by atoms with Gasteiger partial charge in [0.2, 0.25) is 0 Å². The molecule has 1 unspecified atom stereocenters. The monoisotopic (exact) mass is 278 g/mol. The largest absolute Gasteiger partial charge is 0.315 e. The molecule has 2 N–H and O–H groups in total. The molecular formula is C13H14N2OS2. The first-order valence-corrected chi connectivity index (χ1v) is 7.81. The Bertz CT molecular complexity index is 590. The predicted octanol–water partition coefficient (Wildman–Crippen LogP) is 2.76. The molecule has 1 aromatic heterocycles. The van der Waals surface area contributed by atoms with Gasteiger partial charge >= 0.3 is 4.87 Å². The van der Waals surface area contributed by atoms with E-state index in [1.165, 1.54) is 21.8 Å². The highest BCUT2D eigenvalue weighted by atomic mass is 32.2. The van der Waals surface area contributed by atoms with Crippen molar-refractivity contribution in [1.29, 1.82) is 0 Å². The summed E-state index contributed by atoms with van der Waals surface area (Å²) in [7, 11) is 0. The van der Waals surface area contributed by atoms with Crippen molar-refractivity contribution >= 4 is 23.1 Å². The molecule has 1 aliphatic rings. The van der Waals surface area contributed by atoms with Crippen LogP contribution in [0.3, 0.4) is 0 Å². The van der Waals surface area contributed by atoms with Gasteiger partial charge in [-0.15, -0.1) is 11.8 Å². The lowest BCUT2D eigenvalue weighted by molar-refractivity contribution is 0.506. The second-order valence-electron chi connectivity index (χ2n) is 4.28. The number of nitrogens with one attached hydrogen (secondary N) is 2. The number of thioether (sulfide) groups is 1. The minimum Gasteiger partial charge on any atom is -0.315 e. The van der Waals surface area contributed by atoms with Crippen LogP contribution in [0.4, 0.5) is 0 Å². The highest BCUT2D eigenvalue weighted by molar-refractivity contribution is 7.99. The molecule has 2 heterocycles. The van der Waals surface area contributed by atoms with Crippen LogP contribution in [0.1, 0.15) is 23.7 Å². The smallest absolute Gasteiger partial charge is 0.304 e. The van der Waals surface area contributed by atoms with E-state index in [1.807, 2.05) is 17.1 Å². The second-order valence-corrected chi connectivity index (χ2v) is 6.26. The van der Waals surface area contributed by atoms with Crippen LogP contribution in [0.15, 0.2) is 39.3 Å². The van der Waals surface area contributed by atoms with Crippen LogP contribution in [0.2, 0.25) is 0 Å². The van der Waals surface area contributed by atoms with E-state index in [-0.39, 0.29) is 4.87 Å². The Hall–Kier alpha value is -1.04. The molecule has 1 aromatic carbocycles. The lowest BCUT2D eigenvalue weighted by Crippen LogP contribution is -2.24. The quantitative estimate of drug-likeness (QED) is 0.907. The number of benzene rings is 1. The molecule has 0 amide bonds. The van der Waals surface area contributed by atoms with Gasteiger partial charge in [-0.2, -0.15) is 0 Å². The van der Waals surface area contributed by atoms with Gasteiger partial charge in [0, 0.05) is 28.6 Å². The van der Waals surface area contributed by atoms with Gasteiger partial charge in [0.1, 0.15) is 0 Å². The number of H-pyrrole nitrogens is 1. The third-order valence-electron chi connectivity index (χ3n) is 3.07. The number of rotatable bonds is 3.